The third kappa shape index (κ3) is 4.27. The highest BCUT2D eigenvalue weighted by atomic mass is 32.2. The highest BCUT2D eigenvalue weighted by Gasteiger charge is 2.26. The van der Waals surface area contributed by atoms with Crippen LogP contribution in [0.4, 0.5) is 5.69 Å². The molecule has 0 bridgehead atoms. The SMILES string of the molecule is CC(=O)N1CCc2ccc(S(=O)(=O)NCC(c3ccc(C)cc3)N(C)C)cc21. The lowest BCUT2D eigenvalue weighted by Crippen LogP contribution is -2.34. The van der Waals surface area contributed by atoms with Crippen LogP contribution in [-0.2, 0) is 21.2 Å². The largest absolute Gasteiger partial charge is 0.312 e. The van der Waals surface area contributed by atoms with E-state index in [0.717, 1.165) is 23.1 Å². The van der Waals surface area contributed by atoms with Gasteiger partial charge in [0.15, 0.2) is 0 Å². The van der Waals surface area contributed by atoms with Gasteiger partial charge >= 0.3 is 0 Å². The Labute approximate surface area is 167 Å². The summed E-state index contributed by atoms with van der Waals surface area (Å²) in [4.78, 5) is 15.6. The highest BCUT2D eigenvalue weighted by molar-refractivity contribution is 7.89. The number of carbonyl (C=O) groups excluding carboxylic acids is 1. The van der Waals surface area contributed by atoms with Gasteiger partial charge < -0.3 is 9.80 Å². The molecule has 0 radical (unpaired) electrons. The number of nitrogens with zero attached hydrogens (tertiary/aromatic N) is 2. The zero-order chi connectivity index (χ0) is 20.5. The maximum atomic E-state index is 12.9. The number of carbonyl (C=O) groups is 1. The van der Waals surface area contributed by atoms with Crippen molar-refractivity contribution in [1.29, 1.82) is 0 Å². The first kappa shape index (κ1) is 20.5. The maximum absolute atomic E-state index is 12.9. The number of benzene rings is 2. The zero-order valence-corrected chi connectivity index (χ0v) is 17.6. The molecule has 1 unspecified atom stereocenters. The molecule has 150 valence electrons. The fourth-order valence-electron chi connectivity index (χ4n) is 3.51. The molecule has 0 saturated carbocycles. The van der Waals surface area contributed by atoms with Gasteiger partial charge in [0.2, 0.25) is 15.9 Å². The smallest absolute Gasteiger partial charge is 0.240 e. The second-order valence-corrected chi connectivity index (χ2v) is 9.22. The molecule has 0 spiro atoms. The third-order valence-corrected chi connectivity index (χ3v) is 6.62. The van der Waals surface area contributed by atoms with Gasteiger partial charge in [0.25, 0.3) is 0 Å². The van der Waals surface area contributed by atoms with E-state index >= 15 is 0 Å². The van der Waals surface area contributed by atoms with Crippen LogP contribution in [0.1, 0.15) is 29.7 Å². The Hall–Kier alpha value is -2.22. The molecule has 28 heavy (non-hydrogen) atoms. The number of sulfonamides is 1. The number of aryl methyl sites for hydroxylation is 1. The summed E-state index contributed by atoms with van der Waals surface area (Å²) in [5.41, 5.74) is 3.91. The van der Waals surface area contributed by atoms with Gasteiger partial charge in [0, 0.05) is 31.7 Å². The van der Waals surface area contributed by atoms with Crippen molar-refractivity contribution in [3.05, 3.63) is 59.2 Å². The Kier molecular flexibility index (Phi) is 5.88. The number of nitrogens with one attached hydrogen (secondary N) is 1. The normalized spacial score (nSPS) is 15.0. The predicted molar refractivity (Wildman–Crippen MR) is 111 cm³/mol. The van der Waals surface area contributed by atoms with Gasteiger partial charge in [0.05, 0.1) is 4.90 Å². The van der Waals surface area contributed by atoms with Crippen LogP contribution in [0.3, 0.4) is 0 Å². The van der Waals surface area contributed by atoms with E-state index in [1.54, 1.807) is 23.1 Å². The van der Waals surface area contributed by atoms with E-state index in [4.69, 9.17) is 0 Å². The molecule has 2 aromatic carbocycles. The van der Waals surface area contributed by atoms with Crippen molar-refractivity contribution < 1.29 is 13.2 Å². The Morgan fingerprint density at radius 3 is 2.46 bits per heavy atom. The summed E-state index contributed by atoms with van der Waals surface area (Å²) in [5, 5.41) is 0. The van der Waals surface area contributed by atoms with Crippen molar-refractivity contribution in [1.82, 2.24) is 9.62 Å². The van der Waals surface area contributed by atoms with Crippen LogP contribution in [0.2, 0.25) is 0 Å². The molecule has 1 heterocycles. The number of rotatable bonds is 6. The number of anilines is 1. The number of fused-ring (bicyclic) bond motifs is 1. The van der Waals surface area contributed by atoms with Crippen LogP contribution in [0.5, 0.6) is 0 Å². The van der Waals surface area contributed by atoms with E-state index in [1.807, 2.05) is 50.2 Å². The first-order valence-electron chi connectivity index (χ1n) is 9.33. The van der Waals surface area contributed by atoms with Gasteiger partial charge in [-0.1, -0.05) is 35.9 Å². The van der Waals surface area contributed by atoms with Gasteiger partial charge in [-0.05, 0) is 50.7 Å². The molecule has 0 aliphatic carbocycles. The van der Waals surface area contributed by atoms with Crippen molar-refractivity contribution in [2.45, 2.75) is 31.2 Å². The van der Waals surface area contributed by atoms with Gasteiger partial charge in [-0.25, -0.2) is 13.1 Å². The van der Waals surface area contributed by atoms with Gasteiger partial charge in [-0.3, -0.25) is 4.79 Å². The quantitative estimate of drug-likeness (QED) is 0.807. The molecule has 0 fully saturated rings. The van der Waals surface area contributed by atoms with E-state index in [9.17, 15) is 13.2 Å². The monoisotopic (exact) mass is 401 g/mol. The summed E-state index contributed by atoms with van der Waals surface area (Å²) in [6, 6.07) is 13.0. The van der Waals surface area contributed by atoms with Crippen LogP contribution in [0, 0.1) is 6.92 Å². The lowest BCUT2D eigenvalue weighted by Gasteiger charge is -2.25. The van der Waals surface area contributed by atoms with Crippen molar-refractivity contribution in [2.24, 2.45) is 0 Å². The number of hydrogen-bond donors (Lipinski definition) is 1. The van der Waals surface area contributed by atoms with Crippen LogP contribution < -0.4 is 9.62 Å². The summed E-state index contributed by atoms with van der Waals surface area (Å²) < 4.78 is 28.5. The third-order valence-electron chi connectivity index (χ3n) is 5.19. The number of hydrogen-bond acceptors (Lipinski definition) is 4. The first-order chi connectivity index (χ1) is 13.2. The minimum atomic E-state index is -3.69. The van der Waals surface area contributed by atoms with Gasteiger partial charge in [-0.15, -0.1) is 0 Å². The van der Waals surface area contributed by atoms with E-state index in [0.29, 0.717) is 12.2 Å². The van der Waals surface area contributed by atoms with E-state index in [2.05, 4.69) is 4.72 Å². The molecule has 0 saturated heterocycles. The molecule has 1 amide bonds. The molecule has 1 aliphatic rings. The van der Waals surface area contributed by atoms with E-state index in [1.165, 1.54) is 6.92 Å². The second kappa shape index (κ2) is 8.03. The molecule has 1 aliphatic heterocycles. The van der Waals surface area contributed by atoms with Crippen molar-refractivity contribution in [2.75, 3.05) is 32.1 Å². The fourth-order valence-corrected chi connectivity index (χ4v) is 4.57. The van der Waals surface area contributed by atoms with Crippen LogP contribution in [0.25, 0.3) is 0 Å². The molecule has 7 heteroatoms. The van der Waals surface area contributed by atoms with Crippen molar-refractivity contribution >= 4 is 21.6 Å². The summed E-state index contributed by atoms with van der Waals surface area (Å²) >= 11 is 0. The molecule has 1 atom stereocenters. The summed E-state index contributed by atoms with van der Waals surface area (Å²) in [6.45, 7) is 4.37. The summed E-state index contributed by atoms with van der Waals surface area (Å²) in [6.07, 6.45) is 0.749. The number of amides is 1. The summed E-state index contributed by atoms with van der Waals surface area (Å²) in [5.74, 6) is -0.0756. The second-order valence-electron chi connectivity index (χ2n) is 7.45. The number of likely N-dealkylation sites (N-methyl/N-ethyl adjacent to an activating group) is 1. The first-order valence-corrected chi connectivity index (χ1v) is 10.8. The molecule has 1 N–H and O–H groups in total. The van der Waals surface area contributed by atoms with Crippen molar-refractivity contribution in [3.8, 4) is 0 Å². The predicted octanol–water partition coefficient (Wildman–Crippen LogP) is 2.49. The Morgan fingerprint density at radius 1 is 1.18 bits per heavy atom. The topological polar surface area (TPSA) is 69.7 Å². The van der Waals surface area contributed by atoms with E-state index in [-0.39, 0.29) is 23.4 Å². The van der Waals surface area contributed by atoms with Crippen LogP contribution in [-0.4, -0.2) is 46.4 Å². The molecule has 2 aromatic rings. The molecule has 6 nitrogen and oxygen atoms in total. The standard InChI is InChI=1S/C21H27N3O3S/c1-15-5-7-17(8-6-15)21(23(3)4)14-22-28(26,27)19-10-9-18-11-12-24(16(2)25)20(18)13-19/h5-10,13,21-22H,11-12,14H2,1-4H3. The van der Waals surface area contributed by atoms with Crippen LogP contribution in [0.15, 0.2) is 47.4 Å². The molecule has 0 aromatic heterocycles. The summed E-state index contributed by atoms with van der Waals surface area (Å²) in [7, 11) is 0.169. The lowest BCUT2D eigenvalue weighted by molar-refractivity contribution is -0.116. The lowest BCUT2D eigenvalue weighted by atomic mass is 10.0. The maximum Gasteiger partial charge on any atom is 0.240 e. The Balaban J connectivity index is 1.81. The fraction of sp³-hybridized carbons (Fsp3) is 0.381. The average molecular weight is 402 g/mol. The molecular weight excluding hydrogens is 374 g/mol. The minimum absolute atomic E-state index is 0.0756. The average Bonchev–Trinajstić information content (AvgIpc) is 3.06. The van der Waals surface area contributed by atoms with Gasteiger partial charge in [-0.2, -0.15) is 0 Å². The minimum Gasteiger partial charge on any atom is -0.312 e. The zero-order valence-electron chi connectivity index (χ0n) is 16.8. The Bertz CT molecular complexity index is 969. The molecular formula is C21H27N3O3S. The molecule has 3 rings (SSSR count). The van der Waals surface area contributed by atoms with E-state index < -0.39 is 10.0 Å². The van der Waals surface area contributed by atoms with Gasteiger partial charge in [0.1, 0.15) is 0 Å². The Morgan fingerprint density at radius 2 is 1.86 bits per heavy atom. The highest BCUT2D eigenvalue weighted by Crippen LogP contribution is 2.30. The van der Waals surface area contributed by atoms with Crippen LogP contribution >= 0.6 is 0 Å². The van der Waals surface area contributed by atoms with Crippen molar-refractivity contribution in [3.63, 3.8) is 0 Å².